The average Bonchev–Trinajstić information content (AvgIpc) is 3.45. The van der Waals surface area contributed by atoms with E-state index in [4.69, 9.17) is 4.74 Å². The number of nitrogens with zero attached hydrogens (tertiary/aromatic N) is 2. The van der Waals surface area contributed by atoms with Gasteiger partial charge in [-0.05, 0) is 65.9 Å². The van der Waals surface area contributed by atoms with E-state index in [1.54, 1.807) is 28.7 Å². The van der Waals surface area contributed by atoms with Gasteiger partial charge in [0.15, 0.2) is 0 Å². The first kappa shape index (κ1) is 18.9. The van der Waals surface area contributed by atoms with Crippen molar-refractivity contribution in [3.05, 3.63) is 74.4 Å². The van der Waals surface area contributed by atoms with Crippen molar-refractivity contribution in [3.8, 4) is 5.75 Å². The number of ether oxygens (including phenoxy) is 1. The van der Waals surface area contributed by atoms with Crippen LogP contribution in [0.25, 0.3) is 6.08 Å². The topological polar surface area (TPSA) is 42.4 Å². The predicted octanol–water partition coefficient (Wildman–Crippen LogP) is 5.47. The monoisotopic (exact) mass is 410 g/mol. The molecule has 6 heteroatoms. The highest BCUT2D eigenvalue weighted by molar-refractivity contribution is 7.09. The Morgan fingerprint density at radius 2 is 2.29 bits per heavy atom. The van der Waals surface area contributed by atoms with Crippen LogP contribution in [0.3, 0.4) is 0 Å². The number of hydrogen-bond acceptors (Lipinski definition) is 5. The van der Waals surface area contributed by atoms with Crippen LogP contribution in [0.15, 0.2) is 52.5 Å². The Hall–Kier alpha value is -2.44. The highest BCUT2D eigenvalue weighted by Gasteiger charge is 2.28. The Labute approximate surface area is 173 Å². The first-order valence-corrected chi connectivity index (χ1v) is 11.2. The molecule has 4 nitrogen and oxygen atoms in total. The number of rotatable bonds is 6. The lowest BCUT2D eigenvalue weighted by Gasteiger charge is -2.22. The molecule has 1 aliphatic rings. The molecule has 0 N–H and O–H groups in total. The summed E-state index contributed by atoms with van der Waals surface area (Å²) in [6, 6.07) is 10.1. The van der Waals surface area contributed by atoms with E-state index in [9.17, 15) is 4.79 Å². The van der Waals surface area contributed by atoms with Gasteiger partial charge in [0, 0.05) is 18.0 Å². The van der Waals surface area contributed by atoms with Crippen LogP contribution >= 0.6 is 22.7 Å². The third-order valence-corrected chi connectivity index (χ3v) is 6.32. The Bertz CT molecular complexity index is 963. The maximum Gasteiger partial charge on any atom is 0.247 e. The summed E-state index contributed by atoms with van der Waals surface area (Å²) < 4.78 is 5.83. The maximum absolute atomic E-state index is 12.7. The van der Waals surface area contributed by atoms with Crippen molar-refractivity contribution < 1.29 is 9.53 Å². The van der Waals surface area contributed by atoms with Crippen molar-refractivity contribution in [2.45, 2.75) is 32.4 Å². The lowest BCUT2D eigenvalue weighted by Crippen LogP contribution is -2.28. The summed E-state index contributed by atoms with van der Waals surface area (Å²) in [7, 11) is 0. The van der Waals surface area contributed by atoms with Crippen LogP contribution in [0.4, 0.5) is 0 Å². The second kappa shape index (κ2) is 8.71. The molecule has 0 radical (unpaired) electrons. The SMILES string of the molecule is Cc1nc(COc2cccc(C=CC(=O)N3CCCC3c3ccsc3)c2)cs1. The quantitative estimate of drug-likeness (QED) is 0.506. The first-order chi connectivity index (χ1) is 13.7. The smallest absolute Gasteiger partial charge is 0.247 e. The largest absolute Gasteiger partial charge is 0.487 e. The molecule has 1 atom stereocenters. The van der Waals surface area contributed by atoms with Crippen molar-refractivity contribution >= 4 is 34.7 Å². The van der Waals surface area contributed by atoms with Crippen molar-refractivity contribution in [2.75, 3.05) is 6.54 Å². The van der Waals surface area contributed by atoms with Gasteiger partial charge in [0.25, 0.3) is 0 Å². The molecule has 0 bridgehead atoms. The van der Waals surface area contributed by atoms with Crippen LogP contribution < -0.4 is 4.74 Å². The molecule has 28 heavy (non-hydrogen) atoms. The van der Waals surface area contributed by atoms with E-state index in [-0.39, 0.29) is 11.9 Å². The number of carbonyl (C=O) groups is 1. The zero-order valence-electron chi connectivity index (χ0n) is 15.7. The molecule has 3 heterocycles. The van der Waals surface area contributed by atoms with Gasteiger partial charge < -0.3 is 9.64 Å². The van der Waals surface area contributed by atoms with Crippen LogP contribution in [0, 0.1) is 6.92 Å². The molecule has 1 aromatic carbocycles. The van der Waals surface area contributed by atoms with Gasteiger partial charge in [-0.1, -0.05) is 12.1 Å². The number of aryl methyl sites for hydroxylation is 1. The minimum Gasteiger partial charge on any atom is -0.487 e. The Kier molecular flexibility index (Phi) is 5.88. The van der Waals surface area contributed by atoms with Gasteiger partial charge in [0.05, 0.1) is 16.7 Å². The summed E-state index contributed by atoms with van der Waals surface area (Å²) in [4.78, 5) is 19.1. The van der Waals surface area contributed by atoms with E-state index in [1.807, 2.05) is 47.5 Å². The van der Waals surface area contributed by atoms with Crippen molar-refractivity contribution in [1.82, 2.24) is 9.88 Å². The number of amides is 1. The number of thiazole rings is 1. The summed E-state index contributed by atoms with van der Waals surface area (Å²) in [5.41, 5.74) is 3.13. The summed E-state index contributed by atoms with van der Waals surface area (Å²) in [6.45, 7) is 3.26. The second-order valence-corrected chi connectivity index (χ2v) is 8.64. The highest BCUT2D eigenvalue weighted by Crippen LogP contribution is 2.33. The third-order valence-electron chi connectivity index (χ3n) is 4.79. The van der Waals surface area contributed by atoms with Gasteiger partial charge in [-0.2, -0.15) is 11.3 Å². The molecule has 4 rings (SSSR count). The normalized spacial score (nSPS) is 16.8. The first-order valence-electron chi connectivity index (χ1n) is 9.34. The van der Waals surface area contributed by atoms with Gasteiger partial charge in [0.1, 0.15) is 12.4 Å². The molecule has 1 fully saturated rings. The van der Waals surface area contributed by atoms with Gasteiger partial charge in [0.2, 0.25) is 5.91 Å². The van der Waals surface area contributed by atoms with Gasteiger partial charge >= 0.3 is 0 Å². The molecule has 1 unspecified atom stereocenters. The maximum atomic E-state index is 12.7. The van der Waals surface area contributed by atoms with E-state index >= 15 is 0 Å². The summed E-state index contributed by atoms with van der Waals surface area (Å²) >= 11 is 3.30. The Balaban J connectivity index is 1.39. The molecule has 2 aromatic heterocycles. The van der Waals surface area contributed by atoms with E-state index in [2.05, 4.69) is 21.8 Å². The molecule has 1 amide bonds. The van der Waals surface area contributed by atoms with E-state index in [0.717, 1.165) is 41.4 Å². The van der Waals surface area contributed by atoms with Crippen LogP contribution in [-0.4, -0.2) is 22.3 Å². The molecule has 0 aliphatic carbocycles. The predicted molar refractivity (Wildman–Crippen MR) is 115 cm³/mol. The van der Waals surface area contributed by atoms with Gasteiger partial charge in [-0.15, -0.1) is 11.3 Å². The molecule has 3 aromatic rings. The zero-order valence-corrected chi connectivity index (χ0v) is 17.3. The van der Waals surface area contributed by atoms with Crippen LogP contribution in [0.1, 0.15) is 40.7 Å². The lowest BCUT2D eigenvalue weighted by molar-refractivity contribution is -0.126. The Morgan fingerprint density at radius 3 is 3.07 bits per heavy atom. The number of aromatic nitrogens is 1. The number of thiophene rings is 1. The number of benzene rings is 1. The minimum absolute atomic E-state index is 0.0676. The van der Waals surface area contributed by atoms with Crippen LogP contribution in [0.2, 0.25) is 0 Å². The van der Waals surface area contributed by atoms with E-state index in [0.29, 0.717) is 6.61 Å². The molecule has 0 saturated carbocycles. The van der Waals surface area contributed by atoms with E-state index in [1.165, 1.54) is 5.56 Å². The molecular formula is C22H22N2O2S2. The number of hydrogen-bond donors (Lipinski definition) is 0. The molecule has 1 saturated heterocycles. The highest BCUT2D eigenvalue weighted by atomic mass is 32.1. The van der Waals surface area contributed by atoms with Crippen molar-refractivity contribution in [3.63, 3.8) is 0 Å². The van der Waals surface area contributed by atoms with Gasteiger partial charge in [-0.3, -0.25) is 4.79 Å². The lowest BCUT2D eigenvalue weighted by atomic mass is 10.1. The minimum atomic E-state index is 0.0676. The van der Waals surface area contributed by atoms with Crippen LogP contribution in [-0.2, 0) is 11.4 Å². The molecule has 144 valence electrons. The molecule has 0 spiro atoms. The summed E-state index contributed by atoms with van der Waals surface area (Å²) in [5, 5.41) is 7.27. The second-order valence-electron chi connectivity index (χ2n) is 6.80. The third kappa shape index (κ3) is 4.51. The van der Waals surface area contributed by atoms with Crippen molar-refractivity contribution in [2.24, 2.45) is 0 Å². The Morgan fingerprint density at radius 1 is 1.36 bits per heavy atom. The average molecular weight is 411 g/mol. The molecule has 1 aliphatic heterocycles. The fourth-order valence-corrected chi connectivity index (χ4v) is 4.75. The van der Waals surface area contributed by atoms with E-state index < -0.39 is 0 Å². The van der Waals surface area contributed by atoms with Crippen LogP contribution in [0.5, 0.6) is 5.75 Å². The summed E-state index contributed by atoms with van der Waals surface area (Å²) in [5.74, 6) is 0.843. The summed E-state index contributed by atoms with van der Waals surface area (Å²) in [6.07, 6.45) is 5.63. The van der Waals surface area contributed by atoms with Gasteiger partial charge in [-0.25, -0.2) is 4.98 Å². The fourth-order valence-electron chi connectivity index (χ4n) is 3.44. The number of carbonyl (C=O) groups excluding carboxylic acids is 1. The fraction of sp³-hybridized carbons (Fsp3) is 0.273. The number of likely N-dealkylation sites (tertiary alicyclic amines) is 1. The standard InChI is InChI=1S/C22H22N2O2S2/c1-16-23-19(15-28-16)13-26-20-5-2-4-17(12-20)7-8-22(25)24-10-3-6-21(24)18-9-11-27-14-18/h2,4-5,7-9,11-12,14-15,21H,3,6,10,13H2,1H3. The zero-order chi connectivity index (χ0) is 19.3. The molecular weight excluding hydrogens is 388 g/mol. The van der Waals surface area contributed by atoms with Crippen molar-refractivity contribution in [1.29, 1.82) is 0 Å².